The van der Waals surface area contributed by atoms with Crippen LogP contribution in [0.25, 0.3) is 0 Å². The van der Waals surface area contributed by atoms with Crippen LogP contribution in [0.2, 0.25) is 0 Å². The highest BCUT2D eigenvalue weighted by molar-refractivity contribution is 6.03. The number of aromatic amines is 1. The summed E-state index contributed by atoms with van der Waals surface area (Å²) in [6.45, 7) is 2.83. The number of aryl methyl sites for hydroxylation is 1. The second kappa shape index (κ2) is 4.62. The van der Waals surface area contributed by atoms with Gasteiger partial charge in [0, 0.05) is 12.6 Å². The number of H-pyrrole nitrogens is 1. The molecule has 20 heavy (non-hydrogen) atoms. The number of amides is 1. The fourth-order valence-corrected chi connectivity index (χ4v) is 1.58. The van der Waals surface area contributed by atoms with Crippen LogP contribution in [-0.2, 0) is 13.2 Å². The lowest BCUT2D eigenvalue weighted by molar-refractivity contribution is -0.141. The molecule has 0 aliphatic rings. The molecule has 2 aromatic heterocycles. The van der Waals surface area contributed by atoms with Crippen molar-refractivity contribution in [3.05, 3.63) is 22.6 Å². The minimum Gasteiger partial charge on any atom is -0.302 e. The molecule has 1 amide bonds. The Kier molecular flexibility index (Phi) is 3.24. The van der Waals surface area contributed by atoms with Gasteiger partial charge in [-0.2, -0.15) is 18.3 Å². The Labute approximate surface area is 111 Å². The Morgan fingerprint density at radius 3 is 2.45 bits per heavy atom. The summed E-state index contributed by atoms with van der Waals surface area (Å²) in [6, 6.07) is 0. The molecule has 2 aromatic rings. The summed E-state index contributed by atoms with van der Waals surface area (Å²) in [5, 5.41) is 15.0. The largest absolute Gasteiger partial charge is 0.433 e. The van der Waals surface area contributed by atoms with E-state index in [0.29, 0.717) is 5.69 Å². The lowest BCUT2D eigenvalue weighted by Gasteiger charge is -2.04. The fourth-order valence-electron chi connectivity index (χ4n) is 1.58. The zero-order chi connectivity index (χ0) is 15.1. The number of hydrogen-bond acceptors (Lipinski definition) is 4. The molecule has 0 aliphatic heterocycles. The zero-order valence-electron chi connectivity index (χ0n) is 10.8. The Morgan fingerprint density at radius 2 is 2.00 bits per heavy atom. The van der Waals surface area contributed by atoms with E-state index in [4.69, 9.17) is 0 Å². The first-order chi connectivity index (χ1) is 9.21. The van der Waals surface area contributed by atoms with E-state index in [1.807, 2.05) is 5.10 Å². The van der Waals surface area contributed by atoms with Gasteiger partial charge in [-0.3, -0.25) is 14.6 Å². The van der Waals surface area contributed by atoms with E-state index in [0.717, 1.165) is 0 Å². The van der Waals surface area contributed by atoms with Crippen molar-refractivity contribution in [2.75, 3.05) is 5.32 Å². The van der Waals surface area contributed by atoms with Crippen LogP contribution in [0.1, 0.15) is 27.4 Å². The van der Waals surface area contributed by atoms with Gasteiger partial charge < -0.3 is 5.32 Å². The number of aromatic nitrogens is 5. The summed E-state index contributed by atoms with van der Waals surface area (Å²) < 4.78 is 39.2. The molecule has 0 atom stereocenters. The molecular weight excluding hydrogens is 277 g/mol. The van der Waals surface area contributed by atoms with E-state index >= 15 is 0 Å². The molecular formula is C10H11F3N6O. The highest BCUT2D eigenvalue weighted by atomic mass is 19.4. The summed E-state index contributed by atoms with van der Waals surface area (Å²) >= 11 is 0. The van der Waals surface area contributed by atoms with Crippen molar-refractivity contribution < 1.29 is 18.0 Å². The van der Waals surface area contributed by atoms with Crippen molar-refractivity contribution in [1.29, 1.82) is 0 Å². The number of anilines is 1. The van der Waals surface area contributed by atoms with Gasteiger partial charge >= 0.3 is 6.18 Å². The van der Waals surface area contributed by atoms with E-state index < -0.39 is 17.8 Å². The van der Waals surface area contributed by atoms with Gasteiger partial charge in [0.15, 0.2) is 11.5 Å². The molecule has 0 aromatic carbocycles. The Hall–Kier alpha value is -2.39. The number of alkyl halides is 3. The molecule has 2 heterocycles. The van der Waals surface area contributed by atoms with Gasteiger partial charge in [0.05, 0.1) is 5.69 Å². The zero-order valence-corrected chi connectivity index (χ0v) is 10.8. The van der Waals surface area contributed by atoms with Gasteiger partial charge in [-0.1, -0.05) is 5.21 Å². The van der Waals surface area contributed by atoms with Gasteiger partial charge in [-0.15, -0.1) is 5.10 Å². The van der Waals surface area contributed by atoms with Gasteiger partial charge in [0.2, 0.25) is 0 Å². The van der Waals surface area contributed by atoms with Gasteiger partial charge in [-0.25, -0.2) is 0 Å². The predicted octanol–water partition coefficient (Wildman–Crippen LogP) is 1.43. The quantitative estimate of drug-likeness (QED) is 0.874. The number of nitrogens with one attached hydrogen (secondary N) is 2. The molecule has 0 saturated carbocycles. The summed E-state index contributed by atoms with van der Waals surface area (Å²) in [7, 11) is 1.62. The lowest BCUT2D eigenvalue weighted by atomic mass is 10.2. The second-order valence-electron chi connectivity index (χ2n) is 4.17. The maximum absolute atomic E-state index is 12.6. The molecule has 10 heteroatoms. The normalized spacial score (nSPS) is 11.7. The molecule has 0 aliphatic carbocycles. The van der Waals surface area contributed by atoms with Crippen LogP contribution in [0.4, 0.5) is 19.0 Å². The van der Waals surface area contributed by atoms with E-state index in [9.17, 15) is 18.0 Å². The van der Waals surface area contributed by atoms with Crippen molar-refractivity contribution in [1.82, 2.24) is 25.2 Å². The maximum Gasteiger partial charge on any atom is 0.433 e. The molecule has 2 N–H and O–H groups in total. The third-order valence-electron chi connectivity index (χ3n) is 2.85. The number of rotatable bonds is 2. The van der Waals surface area contributed by atoms with Crippen LogP contribution in [0, 0.1) is 13.8 Å². The van der Waals surface area contributed by atoms with Crippen LogP contribution < -0.4 is 5.32 Å². The number of carbonyl (C=O) groups is 1. The highest BCUT2D eigenvalue weighted by Crippen LogP contribution is 2.31. The highest BCUT2D eigenvalue weighted by Gasteiger charge is 2.37. The van der Waals surface area contributed by atoms with Crippen LogP contribution in [0.5, 0.6) is 0 Å². The minimum atomic E-state index is -4.59. The predicted molar refractivity (Wildman–Crippen MR) is 62.0 cm³/mol. The van der Waals surface area contributed by atoms with E-state index in [-0.39, 0.29) is 17.1 Å². The van der Waals surface area contributed by atoms with Crippen molar-refractivity contribution in [3.8, 4) is 0 Å². The van der Waals surface area contributed by atoms with Crippen molar-refractivity contribution in [3.63, 3.8) is 0 Å². The molecule has 0 spiro atoms. The minimum absolute atomic E-state index is 0.174. The second-order valence-corrected chi connectivity index (χ2v) is 4.17. The van der Waals surface area contributed by atoms with Gasteiger partial charge in [0.25, 0.3) is 5.91 Å². The average Bonchev–Trinajstić information content (AvgIpc) is 2.86. The van der Waals surface area contributed by atoms with Crippen molar-refractivity contribution >= 4 is 11.7 Å². The summed E-state index contributed by atoms with van der Waals surface area (Å²) in [5.41, 5.74) is -1.07. The standard InChI is InChI=1S/C10H11F3N6O/c1-4-6(15-16-7(4)10(11,12)13)9(20)14-8-5(2)19(3)18-17-8/h1-3H3,(H,14,20)(H,15,16). The Bertz CT molecular complexity index is 656. The van der Waals surface area contributed by atoms with Crippen LogP contribution in [0.15, 0.2) is 0 Å². The van der Waals surface area contributed by atoms with E-state index in [2.05, 4.69) is 20.7 Å². The average molecular weight is 288 g/mol. The van der Waals surface area contributed by atoms with E-state index in [1.165, 1.54) is 11.6 Å². The van der Waals surface area contributed by atoms with Gasteiger partial charge in [0.1, 0.15) is 5.69 Å². The first-order valence-corrected chi connectivity index (χ1v) is 5.51. The summed E-state index contributed by atoms with van der Waals surface area (Å²) in [4.78, 5) is 11.9. The molecule has 0 radical (unpaired) electrons. The lowest BCUT2D eigenvalue weighted by Crippen LogP contribution is -2.15. The number of carbonyl (C=O) groups excluding carboxylic acids is 1. The Balaban J connectivity index is 2.27. The molecule has 0 saturated heterocycles. The summed E-state index contributed by atoms with van der Waals surface area (Å²) in [6.07, 6.45) is -4.59. The third kappa shape index (κ3) is 2.36. The van der Waals surface area contributed by atoms with Crippen LogP contribution in [-0.4, -0.2) is 31.1 Å². The van der Waals surface area contributed by atoms with Crippen LogP contribution in [0.3, 0.4) is 0 Å². The first-order valence-electron chi connectivity index (χ1n) is 5.51. The molecule has 7 nitrogen and oxygen atoms in total. The fraction of sp³-hybridized carbons (Fsp3) is 0.400. The molecule has 108 valence electrons. The van der Waals surface area contributed by atoms with Crippen LogP contribution >= 0.6 is 0 Å². The summed E-state index contributed by atoms with van der Waals surface area (Å²) in [5.74, 6) is -0.605. The molecule has 0 unspecified atom stereocenters. The maximum atomic E-state index is 12.6. The van der Waals surface area contributed by atoms with Crippen molar-refractivity contribution in [2.45, 2.75) is 20.0 Å². The molecule has 0 fully saturated rings. The SMILES string of the molecule is Cc1c(C(=O)Nc2nnn(C)c2C)n[nH]c1C(F)(F)F. The third-order valence-corrected chi connectivity index (χ3v) is 2.85. The smallest absolute Gasteiger partial charge is 0.302 e. The van der Waals surface area contributed by atoms with E-state index in [1.54, 1.807) is 14.0 Å². The number of nitrogens with zero attached hydrogens (tertiary/aromatic N) is 4. The number of hydrogen-bond donors (Lipinski definition) is 2. The van der Waals surface area contributed by atoms with Gasteiger partial charge in [-0.05, 0) is 13.8 Å². The monoisotopic (exact) mass is 288 g/mol. The molecule has 2 rings (SSSR count). The first kappa shape index (κ1) is 14.0. The number of halogens is 3. The topological polar surface area (TPSA) is 88.5 Å². The van der Waals surface area contributed by atoms with Crippen molar-refractivity contribution in [2.24, 2.45) is 7.05 Å². The molecule has 0 bridgehead atoms. The Morgan fingerprint density at radius 1 is 1.35 bits per heavy atom.